The van der Waals surface area contributed by atoms with Crippen molar-refractivity contribution in [2.24, 2.45) is 0 Å². The number of hydrogen-bond acceptors (Lipinski definition) is 2. The summed E-state index contributed by atoms with van der Waals surface area (Å²) in [6, 6.07) is 8.19. The number of benzene rings is 1. The molecule has 1 aromatic heterocycles. The predicted molar refractivity (Wildman–Crippen MR) is 90.2 cm³/mol. The van der Waals surface area contributed by atoms with Crippen LogP contribution in [-0.2, 0) is 12.8 Å². The van der Waals surface area contributed by atoms with Crippen LogP contribution in [0.2, 0.25) is 10.0 Å². The van der Waals surface area contributed by atoms with E-state index in [1.165, 1.54) is 16.7 Å². The highest BCUT2D eigenvalue weighted by Gasteiger charge is 2.15. The van der Waals surface area contributed by atoms with Gasteiger partial charge in [0.15, 0.2) is 0 Å². The summed E-state index contributed by atoms with van der Waals surface area (Å²) in [4.78, 5) is 4.23. The minimum atomic E-state index is 0.255. The maximum absolute atomic E-state index is 6.12. The van der Waals surface area contributed by atoms with Crippen molar-refractivity contribution in [2.75, 3.05) is 6.54 Å². The van der Waals surface area contributed by atoms with Gasteiger partial charge in [0.25, 0.3) is 0 Å². The highest BCUT2D eigenvalue weighted by Crippen LogP contribution is 2.27. The first-order valence-corrected chi connectivity index (χ1v) is 8.01. The predicted octanol–water partition coefficient (Wildman–Crippen LogP) is 4.84. The van der Waals surface area contributed by atoms with Crippen molar-refractivity contribution in [1.29, 1.82) is 0 Å². The first-order valence-electron chi connectivity index (χ1n) is 7.25. The van der Waals surface area contributed by atoms with E-state index in [2.05, 4.69) is 30.2 Å². The summed E-state index contributed by atoms with van der Waals surface area (Å²) in [5.41, 5.74) is 3.76. The fourth-order valence-electron chi connectivity index (χ4n) is 2.51. The third kappa shape index (κ3) is 4.19. The summed E-state index contributed by atoms with van der Waals surface area (Å²) in [7, 11) is 0. The molecule has 0 aliphatic rings. The SMILES string of the molecule is CCNC(Cc1ccc(Cl)c(Cl)c1)c1ccncc1CC. The van der Waals surface area contributed by atoms with E-state index >= 15 is 0 Å². The van der Waals surface area contributed by atoms with Crippen LogP contribution >= 0.6 is 23.2 Å². The molecular formula is C17H20Cl2N2. The summed E-state index contributed by atoms with van der Waals surface area (Å²) < 4.78 is 0. The van der Waals surface area contributed by atoms with Gasteiger partial charge >= 0.3 is 0 Å². The Balaban J connectivity index is 2.28. The molecule has 0 amide bonds. The fourth-order valence-corrected chi connectivity index (χ4v) is 2.83. The van der Waals surface area contributed by atoms with Crippen LogP contribution in [0.5, 0.6) is 0 Å². The zero-order chi connectivity index (χ0) is 15.2. The molecule has 0 bridgehead atoms. The van der Waals surface area contributed by atoms with E-state index in [0.717, 1.165) is 19.4 Å². The quantitative estimate of drug-likeness (QED) is 0.822. The molecule has 4 heteroatoms. The van der Waals surface area contributed by atoms with E-state index in [0.29, 0.717) is 10.0 Å². The number of hydrogen-bond donors (Lipinski definition) is 1. The van der Waals surface area contributed by atoms with E-state index in [4.69, 9.17) is 23.2 Å². The van der Waals surface area contributed by atoms with E-state index in [1.807, 2.05) is 30.6 Å². The zero-order valence-corrected chi connectivity index (χ0v) is 13.9. The number of aryl methyl sites for hydroxylation is 1. The van der Waals surface area contributed by atoms with Crippen LogP contribution in [0, 0.1) is 0 Å². The van der Waals surface area contributed by atoms with E-state index in [1.54, 1.807) is 0 Å². The first-order chi connectivity index (χ1) is 10.2. The standard InChI is InChI=1S/C17H20Cl2N2/c1-3-13-11-20-8-7-14(13)17(21-4-2)10-12-5-6-15(18)16(19)9-12/h5-9,11,17,21H,3-4,10H2,1-2H3. The summed E-state index contributed by atoms with van der Waals surface area (Å²) in [5.74, 6) is 0. The molecule has 0 aliphatic carbocycles. The van der Waals surface area contributed by atoms with Gasteiger partial charge in [-0.15, -0.1) is 0 Å². The van der Waals surface area contributed by atoms with Crippen LogP contribution in [0.3, 0.4) is 0 Å². The lowest BCUT2D eigenvalue weighted by Crippen LogP contribution is -2.24. The van der Waals surface area contributed by atoms with Gasteiger partial charge in [0, 0.05) is 18.4 Å². The Bertz CT molecular complexity index is 599. The lowest BCUT2D eigenvalue weighted by atomic mass is 9.95. The average molecular weight is 323 g/mol. The third-order valence-corrected chi connectivity index (χ3v) is 4.31. The number of nitrogens with zero attached hydrogens (tertiary/aromatic N) is 1. The van der Waals surface area contributed by atoms with Crippen LogP contribution in [0.15, 0.2) is 36.7 Å². The molecule has 1 unspecified atom stereocenters. The molecule has 0 fully saturated rings. The summed E-state index contributed by atoms with van der Waals surface area (Å²) in [6.45, 7) is 5.19. The number of rotatable bonds is 6. The second-order valence-electron chi connectivity index (χ2n) is 4.99. The van der Waals surface area contributed by atoms with E-state index in [-0.39, 0.29) is 6.04 Å². The molecule has 1 atom stereocenters. The molecule has 2 nitrogen and oxygen atoms in total. The number of pyridine rings is 1. The van der Waals surface area contributed by atoms with Gasteiger partial charge in [0.2, 0.25) is 0 Å². The van der Waals surface area contributed by atoms with Gasteiger partial charge in [-0.25, -0.2) is 0 Å². The Hall–Kier alpha value is -1.09. The van der Waals surface area contributed by atoms with Gasteiger partial charge in [-0.05, 0) is 54.3 Å². The normalized spacial score (nSPS) is 12.4. The molecule has 1 aromatic carbocycles. The minimum Gasteiger partial charge on any atom is -0.310 e. The molecule has 2 rings (SSSR count). The highest BCUT2D eigenvalue weighted by atomic mass is 35.5. The highest BCUT2D eigenvalue weighted by molar-refractivity contribution is 6.42. The number of aromatic nitrogens is 1. The van der Waals surface area contributed by atoms with Crippen molar-refractivity contribution < 1.29 is 0 Å². The number of likely N-dealkylation sites (N-methyl/N-ethyl adjacent to an activating group) is 1. The Morgan fingerprint density at radius 3 is 2.62 bits per heavy atom. The topological polar surface area (TPSA) is 24.9 Å². The van der Waals surface area contributed by atoms with Gasteiger partial charge in [0.1, 0.15) is 0 Å². The Kier molecular flexibility index (Phi) is 6.04. The molecule has 112 valence electrons. The van der Waals surface area contributed by atoms with Crippen LogP contribution in [0.1, 0.15) is 36.6 Å². The molecule has 1 heterocycles. The lowest BCUT2D eigenvalue weighted by molar-refractivity contribution is 0.545. The lowest BCUT2D eigenvalue weighted by Gasteiger charge is -2.21. The average Bonchev–Trinajstić information content (AvgIpc) is 2.50. The van der Waals surface area contributed by atoms with Gasteiger partial charge in [-0.1, -0.05) is 43.1 Å². The maximum Gasteiger partial charge on any atom is 0.0595 e. The van der Waals surface area contributed by atoms with E-state index in [9.17, 15) is 0 Å². The second-order valence-corrected chi connectivity index (χ2v) is 5.81. The Morgan fingerprint density at radius 1 is 1.14 bits per heavy atom. The van der Waals surface area contributed by atoms with Crippen molar-refractivity contribution >= 4 is 23.2 Å². The van der Waals surface area contributed by atoms with Crippen LogP contribution in [0.25, 0.3) is 0 Å². The van der Waals surface area contributed by atoms with Gasteiger partial charge < -0.3 is 5.32 Å². The molecule has 2 aromatic rings. The number of nitrogens with one attached hydrogen (secondary N) is 1. The van der Waals surface area contributed by atoms with Crippen molar-refractivity contribution in [3.63, 3.8) is 0 Å². The molecular weight excluding hydrogens is 303 g/mol. The van der Waals surface area contributed by atoms with Crippen LogP contribution in [-0.4, -0.2) is 11.5 Å². The van der Waals surface area contributed by atoms with Gasteiger partial charge in [-0.2, -0.15) is 0 Å². The molecule has 0 saturated carbocycles. The molecule has 0 saturated heterocycles. The van der Waals surface area contributed by atoms with E-state index < -0.39 is 0 Å². The van der Waals surface area contributed by atoms with Crippen LogP contribution in [0.4, 0.5) is 0 Å². The fraction of sp³-hybridized carbons (Fsp3) is 0.353. The monoisotopic (exact) mass is 322 g/mol. The Morgan fingerprint density at radius 2 is 1.95 bits per heavy atom. The smallest absolute Gasteiger partial charge is 0.0595 e. The van der Waals surface area contributed by atoms with Crippen LogP contribution < -0.4 is 5.32 Å². The Labute approximate surface area is 136 Å². The van der Waals surface area contributed by atoms with Crippen molar-refractivity contribution in [2.45, 2.75) is 32.7 Å². The van der Waals surface area contributed by atoms with Gasteiger partial charge in [-0.3, -0.25) is 4.98 Å². The van der Waals surface area contributed by atoms with Crippen molar-refractivity contribution in [3.8, 4) is 0 Å². The zero-order valence-electron chi connectivity index (χ0n) is 12.4. The molecule has 1 N–H and O–H groups in total. The summed E-state index contributed by atoms with van der Waals surface area (Å²) in [5, 5.41) is 4.75. The molecule has 0 aliphatic heterocycles. The second kappa shape index (κ2) is 7.79. The first kappa shape index (κ1) is 16.3. The molecule has 0 radical (unpaired) electrons. The molecule has 21 heavy (non-hydrogen) atoms. The summed E-state index contributed by atoms with van der Waals surface area (Å²) in [6.07, 6.45) is 5.66. The molecule has 0 spiro atoms. The largest absolute Gasteiger partial charge is 0.310 e. The minimum absolute atomic E-state index is 0.255. The number of halogens is 2. The van der Waals surface area contributed by atoms with Crippen molar-refractivity contribution in [1.82, 2.24) is 10.3 Å². The third-order valence-electron chi connectivity index (χ3n) is 3.57. The summed E-state index contributed by atoms with van der Waals surface area (Å²) >= 11 is 12.1. The maximum atomic E-state index is 6.12. The van der Waals surface area contributed by atoms with Crippen molar-refractivity contribution in [3.05, 3.63) is 63.4 Å². The van der Waals surface area contributed by atoms with Gasteiger partial charge in [0.05, 0.1) is 10.0 Å².